The number of phenols is 2. The molecule has 2 aliphatic heterocycles. The molecule has 0 aromatic heterocycles. The van der Waals surface area contributed by atoms with Gasteiger partial charge in [0.15, 0.2) is 17.3 Å². The highest BCUT2D eigenvalue weighted by Crippen LogP contribution is 2.60. The van der Waals surface area contributed by atoms with Gasteiger partial charge in [0.2, 0.25) is 0 Å². The first-order valence-corrected chi connectivity index (χ1v) is 8.20. The lowest BCUT2D eigenvalue weighted by Gasteiger charge is -2.49. The van der Waals surface area contributed by atoms with Crippen molar-refractivity contribution in [3.8, 4) is 17.6 Å². The summed E-state index contributed by atoms with van der Waals surface area (Å²) in [6, 6.07) is 5.59. The van der Waals surface area contributed by atoms with Crippen molar-refractivity contribution in [3.63, 3.8) is 0 Å². The summed E-state index contributed by atoms with van der Waals surface area (Å²) in [5.41, 5.74) is 1.74. The third-order valence-electron chi connectivity index (χ3n) is 5.95. The minimum Gasteiger partial charge on any atom is -0.504 e. The van der Waals surface area contributed by atoms with Gasteiger partial charge in [-0.15, -0.1) is 0 Å². The van der Waals surface area contributed by atoms with Gasteiger partial charge in [-0.3, -0.25) is 0 Å². The molecule has 5 rings (SSSR count). The smallest absolute Gasteiger partial charge is 0.194 e. The van der Waals surface area contributed by atoms with Crippen LogP contribution in [0.3, 0.4) is 0 Å². The Balaban J connectivity index is 1.70. The normalized spacial score (nSPS) is 34.9. The Bertz CT molecular complexity index is 804. The Hall–Kier alpha value is -2.23. The van der Waals surface area contributed by atoms with Gasteiger partial charge in [0, 0.05) is 24.3 Å². The molecule has 0 radical (unpaired) electrons. The van der Waals surface area contributed by atoms with E-state index in [2.05, 4.69) is 6.07 Å². The van der Waals surface area contributed by atoms with E-state index in [1.54, 1.807) is 12.3 Å². The van der Waals surface area contributed by atoms with E-state index in [1.807, 2.05) is 0 Å². The molecule has 1 spiro atoms. The minimum absolute atomic E-state index is 0.161. The summed E-state index contributed by atoms with van der Waals surface area (Å²) in [7, 11) is 0. The number of hydrogen-bond donors (Lipinski definition) is 2. The quantitative estimate of drug-likeness (QED) is 0.707. The lowest BCUT2D eigenvalue weighted by molar-refractivity contribution is -0.154. The highest BCUT2D eigenvalue weighted by molar-refractivity contribution is 5.56. The summed E-state index contributed by atoms with van der Waals surface area (Å²) in [6.07, 6.45) is 3.23. The fraction of sp³-hybridized carbons (Fsp3) is 0.500. The maximum atomic E-state index is 10.1. The maximum absolute atomic E-state index is 10.1. The standard InChI is InChI=1S/C18H17NO5/c19-9-17-1-2-18(23-3-4-24-18)12-8-22-15(16(12)17)6-10-5-13(20)14(21)7-11(10)17/h5,7-8,15-16,20-21H,1-4,6H2/t15-,16-,17-/m1/s1. The number of hydrogen-bond acceptors (Lipinski definition) is 6. The predicted octanol–water partition coefficient (Wildman–Crippen LogP) is 1.85. The van der Waals surface area contributed by atoms with E-state index in [1.165, 1.54) is 6.07 Å². The van der Waals surface area contributed by atoms with Gasteiger partial charge in [-0.1, -0.05) is 0 Å². The largest absolute Gasteiger partial charge is 0.504 e. The molecular weight excluding hydrogens is 310 g/mol. The lowest BCUT2D eigenvalue weighted by Crippen LogP contribution is -2.54. The molecule has 6 nitrogen and oxygen atoms in total. The molecule has 24 heavy (non-hydrogen) atoms. The van der Waals surface area contributed by atoms with Crippen molar-refractivity contribution >= 4 is 0 Å². The van der Waals surface area contributed by atoms with E-state index in [0.29, 0.717) is 32.5 Å². The maximum Gasteiger partial charge on any atom is 0.194 e. The van der Waals surface area contributed by atoms with Gasteiger partial charge < -0.3 is 24.4 Å². The predicted molar refractivity (Wildman–Crippen MR) is 81.1 cm³/mol. The van der Waals surface area contributed by atoms with E-state index in [-0.39, 0.29) is 23.5 Å². The third kappa shape index (κ3) is 1.52. The molecule has 3 atom stereocenters. The Labute approximate surface area is 138 Å². The van der Waals surface area contributed by atoms with Crippen LogP contribution in [0.4, 0.5) is 0 Å². The summed E-state index contributed by atoms with van der Waals surface area (Å²) < 4.78 is 17.7. The minimum atomic E-state index is -0.799. The molecule has 1 saturated carbocycles. The van der Waals surface area contributed by atoms with Crippen molar-refractivity contribution in [1.29, 1.82) is 5.26 Å². The van der Waals surface area contributed by atoms with Crippen LogP contribution in [-0.4, -0.2) is 35.3 Å². The molecule has 2 heterocycles. The summed E-state index contributed by atoms with van der Waals surface area (Å²) >= 11 is 0. The van der Waals surface area contributed by atoms with Crippen molar-refractivity contribution < 1.29 is 24.4 Å². The van der Waals surface area contributed by atoms with Gasteiger partial charge in [0.05, 0.1) is 31.0 Å². The second-order valence-corrected chi connectivity index (χ2v) is 6.96. The highest BCUT2D eigenvalue weighted by atomic mass is 16.7. The highest BCUT2D eigenvalue weighted by Gasteiger charge is 2.63. The fourth-order valence-electron chi connectivity index (χ4n) is 4.92. The monoisotopic (exact) mass is 327 g/mol. The van der Waals surface area contributed by atoms with E-state index >= 15 is 0 Å². The molecule has 4 aliphatic rings. The number of ether oxygens (including phenoxy) is 3. The zero-order valence-corrected chi connectivity index (χ0v) is 13.0. The molecule has 6 heteroatoms. The number of nitrogens with zero attached hydrogens (tertiary/aromatic N) is 1. The van der Waals surface area contributed by atoms with Crippen molar-refractivity contribution in [2.75, 3.05) is 13.2 Å². The summed E-state index contributed by atoms with van der Waals surface area (Å²) in [5.74, 6) is -1.29. The Morgan fingerprint density at radius 1 is 1.12 bits per heavy atom. The summed E-state index contributed by atoms with van der Waals surface area (Å²) in [5, 5.41) is 29.9. The SMILES string of the molecule is N#C[C@]12CCC3(OCCO3)C3=CO[C@H](Cc4cc(O)c(O)cc41)[C@@H]32. The van der Waals surface area contributed by atoms with Crippen LogP contribution in [-0.2, 0) is 26.0 Å². The van der Waals surface area contributed by atoms with Crippen LogP contribution in [0.2, 0.25) is 0 Å². The molecule has 1 saturated heterocycles. The average molecular weight is 327 g/mol. The molecule has 0 bridgehead atoms. The number of aromatic hydroxyl groups is 2. The first-order chi connectivity index (χ1) is 11.6. The average Bonchev–Trinajstić information content (AvgIpc) is 3.21. The zero-order chi connectivity index (χ0) is 16.5. The number of benzene rings is 1. The van der Waals surface area contributed by atoms with Gasteiger partial charge >= 0.3 is 0 Å². The number of fused-ring (bicyclic) bond motifs is 3. The molecule has 2 aliphatic carbocycles. The van der Waals surface area contributed by atoms with Crippen LogP contribution < -0.4 is 0 Å². The van der Waals surface area contributed by atoms with Crippen LogP contribution >= 0.6 is 0 Å². The molecule has 1 aromatic rings. The second-order valence-electron chi connectivity index (χ2n) is 6.96. The van der Waals surface area contributed by atoms with E-state index in [0.717, 1.165) is 16.7 Å². The van der Waals surface area contributed by atoms with Crippen molar-refractivity contribution in [2.24, 2.45) is 5.92 Å². The first kappa shape index (κ1) is 14.1. The van der Waals surface area contributed by atoms with Gasteiger partial charge in [0.1, 0.15) is 6.10 Å². The molecule has 2 fully saturated rings. The van der Waals surface area contributed by atoms with Crippen molar-refractivity contribution in [3.05, 3.63) is 35.1 Å². The van der Waals surface area contributed by atoms with E-state index < -0.39 is 11.2 Å². The van der Waals surface area contributed by atoms with Crippen molar-refractivity contribution in [2.45, 2.75) is 36.6 Å². The van der Waals surface area contributed by atoms with Crippen LogP contribution in [0, 0.1) is 17.2 Å². The van der Waals surface area contributed by atoms with Gasteiger partial charge in [-0.25, -0.2) is 0 Å². The zero-order valence-electron chi connectivity index (χ0n) is 13.0. The number of phenolic OH excluding ortho intramolecular Hbond substituents is 2. The number of rotatable bonds is 0. The Kier molecular flexibility index (Phi) is 2.61. The molecule has 0 unspecified atom stereocenters. The van der Waals surface area contributed by atoms with Crippen LogP contribution in [0.5, 0.6) is 11.5 Å². The summed E-state index contributed by atoms with van der Waals surface area (Å²) in [4.78, 5) is 0. The van der Waals surface area contributed by atoms with Crippen LogP contribution in [0.15, 0.2) is 24.0 Å². The Morgan fingerprint density at radius 3 is 2.62 bits per heavy atom. The lowest BCUT2D eigenvalue weighted by atomic mass is 9.54. The topological polar surface area (TPSA) is 91.9 Å². The number of nitriles is 1. The molecule has 0 amide bonds. The first-order valence-electron chi connectivity index (χ1n) is 8.20. The third-order valence-corrected chi connectivity index (χ3v) is 5.95. The van der Waals surface area contributed by atoms with Crippen LogP contribution in [0.25, 0.3) is 0 Å². The molecule has 2 N–H and O–H groups in total. The van der Waals surface area contributed by atoms with E-state index in [9.17, 15) is 15.5 Å². The Morgan fingerprint density at radius 2 is 1.88 bits per heavy atom. The van der Waals surface area contributed by atoms with Crippen LogP contribution in [0.1, 0.15) is 24.0 Å². The molecule has 124 valence electrons. The van der Waals surface area contributed by atoms with Crippen molar-refractivity contribution in [1.82, 2.24) is 0 Å². The second kappa shape index (κ2) is 4.44. The van der Waals surface area contributed by atoms with Gasteiger partial charge in [-0.2, -0.15) is 5.26 Å². The van der Waals surface area contributed by atoms with Gasteiger partial charge in [0.25, 0.3) is 0 Å². The summed E-state index contributed by atoms with van der Waals surface area (Å²) in [6.45, 7) is 1.08. The van der Waals surface area contributed by atoms with E-state index in [4.69, 9.17) is 14.2 Å². The molecule has 1 aromatic carbocycles. The molecular formula is C18H17NO5. The fourth-order valence-corrected chi connectivity index (χ4v) is 4.92. The van der Waals surface area contributed by atoms with Gasteiger partial charge in [-0.05, 0) is 29.7 Å².